The van der Waals surface area contributed by atoms with Crippen molar-refractivity contribution in [1.29, 1.82) is 0 Å². The van der Waals surface area contributed by atoms with Crippen LogP contribution in [0.3, 0.4) is 0 Å². The van der Waals surface area contributed by atoms with E-state index < -0.39 is 45.7 Å². The molecule has 0 aromatic heterocycles. The minimum atomic E-state index is -5.92. The molecule has 0 atom stereocenters. The number of ether oxygens (including phenoxy) is 2. The molecule has 2 aromatic rings. The molecule has 0 bridgehead atoms. The Labute approximate surface area is 239 Å². The molecule has 8 nitrogen and oxygen atoms in total. The van der Waals surface area contributed by atoms with Crippen molar-refractivity contribution in [3.8, 4) is 11.5 Å². The summed E-state index contributed by atoms with van der Waals surface area (Å²) >= 11 is 0. The van der Waals surface area contributed by atoms with Gasteiger partial charge in [0.1, 0.15) is 18.1 Å². The molecular weight excluding hydrogens is 564 g/mol. The van der Waals surface area contributed by atoms with Gasteiger partial charge in [-0.3, -0.25) is 4.79 Å². The molecule has 0 radical (unpaired) electrons. The molecule has 0 amide bonds. The highest BCUT2D eigenvalue weighted by Gasteiger charge is 2.50. The summed E-state index contributed by atoms with van der Waals surface area (Å²) in [6.45, 7) is 8.09. The number of hydrogen-bond donors (Lipinski definition) is 0. The maximum atomic E-state index is 12.9. The molecule has 0 aliphatic carbocycles. The summed E-state index contributed by atoms with van der Waals surface area (Å²) in [4.78, 5) is 12.4. The van der Waals surface area contributed by atoms with Crippen LogP contribution >= 0.6 is 0 Å². The van der Waals surface area contributed by atoms with Crippen molar-refractivity contribution in [3.63, 3.8) is 0 Å². The minimum absolute atomic E-state index is 0.0281. The normalized spacial score (nSPS) is 16.6. The van der Waals surface area contributed by atoms with Crippen molar-refractivity contribution in [1.82, 2.24) is 0 Å². The highest BCUT2D eigenvalue weighted by molar-refractivity contribution is 7.88. The van der Waals surface area contributed by atoms with Gasteiger partial charge in [0.15, 0.2) is 0 Å². The molecule has 0 unspecified atom stereocenters. The number of alkyl halides is 3. The second kappa shape index (κ2) is 13.3. The maximum Gasteiger partial charge on any atom is 0.534 e. The lowest BCUT2D eigenvalue weighted by Gasteiger charge is -2.32. The van der Waals surface area contributed by atoms with Crippen molar-refractivity contribution < 1.29 is 49.3 Å². The Bertz CT molecular complexity index is 1300. The van der Waals surface area contributed by atoms with Gasteiger partial charge in [-0.05, 0) is 70.2 Å². The Hall–Kier alpha value is -3.03. The monoisotopic (exact) mass is 598 g/mol. The lowest BCUT2D eigenvalue weighted by molar-refractivity contribution is -0.142. The average molecular weight is 598 g/mol. The van der Waals surface area contributed by atoms with Gasteiger partial charge in [-0.25, -0.2) is 0 Å². The lowest BCUT2D eigenvalue weighted by atomic mass is 9.89. The third kappa shape index (κ3) is 9.51. The van der Waals surface area contributed by atoms with Crippen LogP contribution in [-0.2, 0) is 42.0 Å². The quantitative estimate of drug-likeness (QED) is 0.0920. The fraction of sp³-hybridized carbons (Fsp3) is 0.464. The van der Waals surface area contributed by atoms with E-state index in [-0.39, 0.29) is 30.9 Å². The molecule has 41 heavy (non-hydrogen) atoms. The summed E-state index contributed by atoms with van der Waals surface area (Å²) in [5, 5.41) is 0. The van der Waals surface area contributed by atoms with Crippen molar-refractivity contribution in [2.45, 2.75) is 76.7 Å². The minimum Gasteiger partial charge on any atom is -0.489 e. The number of esters is 1. The molecule has 1 fully saturated rings. The van der Waals surface area contributed by atoms with Crippen LogP contribution in [-0.4, -0.2) is 44.8 Å². The molecule has 1 aliphatic rings. The summed E-state index contributed by atoms with van der Waals surface area (Å²) in [5.41, 5.74) is -5.51. The topological polar surface area (TPSA) is 97.4 Å². The van der Waals surface area contributed by atoms with E-state index in [0.29, 0.717) is 6.42 Å². The SMILES string of the molecule is CC1(C)OB(/C=C/CCCCOC(=O)Cc2cc(OCc3ccccc3)cc(OS(=O)(=O)C(F)(F)F)c2)OC1(C)C. The van der Waals surface area contributed by atoms with Gasteiger partial charge >= 0.3 is 28.7 Å². The predicted octanol–water partition coefficient (Wildman–Crippen LogP) is 5.94. The first kappa shape index (κ1) is 32.5. The standard InChI is InChI=1S/C28H34BF3O8S/c1-26(2)27(3,4)40-29(39-26)14-10-5-6-11-15-36-25(33)18-22-16-23(37-20-21-12-8-7-9-13-21)19-24(17-22)38-41(34,35)28(30,31)32/h7-10,12-14,16-17,19H,5-6,11,15,18,20H2,1-4H3/b14-10+. The molecule has 1 aliphatic heterocycles. The van der Waals surface area contributed by atoms with Gasteiger partial charge in [-0.2, -0.15) is 21.6 Å². The summed E-state index contributed by atoms with van der Waals surface area (Å²) < 4.78 is 88.5. The van der Waals surface area contributed by atoms with Gasteiger partial charge in [-0.15, -0.1) is 0 Å². The van der Waals surface area contributed by atoms with Crippen LogP contribution in [0.4, 0.5) is 13.2 Å². The van der Waals surface area contributed by atoms with Crippen LogP contribution in [0.1, 0.15) is 58.1 Å². The van der Waals surface area contributed by atoms with Gasteiger partial charge in [0.25, 0.3) is 0 Å². The van der Waals surface area contributed by atoms with Gasteiger partial charge in [0.05, 0.1) is 24.2 Å². The maximum absolute atomic E-state index is 12.9. The van der Waals surface area contributed by atoms with Crippen molar-refractivity contribution >= 4 is 23.2 Å². The van der Waals surface area contributed by atoms with Crippen molar-refractivity contribution in [3.05, 3.63) is 71.7 Å². The number of allylic oxidation sites excluding steroid dienone is 1. The molecule has 3 rings (SSSR count). The van der Waals surface area contributed by atoms with Crippen LogP contribution in [0, 0.1) is 0 Å². The average Bonchev–Trinajstić information content (AvgIpc) is 3.07. The molecule has 2 aromatic carbocycles. The number of rotatable bonds is 13. The zero-order chi connectivity index (χ0) is 30.3. The molecule has 0 spiro atoms. The highest BCUT2D eigenvalue weighted by atomic mass is 32.2. The Balaban J connectivity index is 1.52. The van der Waals surface area contributed by atoms with Gasteiger partial charge in [-0.1, -0.05) is 42.4 Å². The van der Waals surface area contributed by atoms with Gasteiger partial charge < -0.3 is 23.0 Å². The summed E-state index contributed by atoms with van der Waals surface area (Å²) in [5.74, 6) is 0.612. The largest absolute Gasteiger partial charge is 0.534 e. The number of halogens is 3. The third-order valence-corrected chi connectivity index (χ3v) is 7.60. The Morgan fingerprint density at radius 1 is 0.951 bits per heavy atom. The lowest BCUT2D eigenvalue weighted by Crippen LogP contribution is -2.41. The Kier molecular flexibility index (Phi) is 10.5. The van der Waals surface area contributed by atoms with Crippen LogP contribution in [0.25, 0.3) is 0 Å². The number of unbranched alkanes of at least 4 members (excludes halogenated alkanes) is 2. The summed E-state index contributed by atoms with van der Waals surface area (Å²) in [7, 11) is -6.34. The van der Waals surface area contributed by atoms with E-state index in [2.05, 4.69) is 4.18 Å². The van der Waals surface area contributed by atoms with Gasteiger partial charge in [0, 0.05) is 6.07 Å². The molecule has 0 N–H and O–H groups in total. The molecule has 0 saturated carbocycles. The second-order valence-corrected chi connectivity index (χ2v) is 12.1. The van der Waals surface area contributed by atoms with E-state index in [4.69, 9.17) is 18.8 Å². The van der Waals surface area contributed by atoms with E-state index in [1.165, 1.54) is 6.07 Å². The number of carbonyl (C=O) groups excluding carboxylic acids is 1. The first-order chi connectivity index (χ1) is 19.1. The third-order valence-electron chi connectivity index (χ3n) is 6.62. The number of carbonyl (C=O) groups is 1. The van der Waals surface area contributed by atoms with Gasteiger partial charge in [0.2, 0.25) is 0 Å². The van der Waals surface area contributed by atoms with E-state index >= 15 is 0 Å². The Morgan fingerprint density at radius 3 is 2.22 bits per heavy atom. The molecule has 13 heteroatoms. The molecule has 1 heterocycles. The summed E-state index contributed by atoms with van der Waals surface area (Å²) in [6, 6.07) is 12.4. The van der Waals surface area contributed by atoms with Crippen molar-refractivity contribution in [2.24, 2.45) is 0 Å². The van der Waals surface area contributed by atoms with Crippen LogP contribution in [0.15, 0.2) is 60.6 Å². The fourth-order valence-electron chi connectivity index (χ4n) is 3.72. The Morgan fingerprint density at radius 2 is 1.59 bits per heavy atom. The molecular formula is C28H34BF3O8S. The van der Waals surface area contributed by atoms with Crippen molar-refractivity contribution in [2.75, 3.05) is 6.61 Å². The van der Waals surface area contributed by atoms with Crippen LogP contribution < -0.4 is 8.92 Å². The van der Waals surface area contributed by atoms with E-state index in [9.17, 15) is 26.4 Å². The smallest absolute Gasteiger partial charge is 0.489 e. The second-order valence-electron chi connectivity index (χ2n) is 10.5. The van der Waals surface area contributed by atoms with E-state index in [1.54, 1.807) is 24.3 Å². The zero-order valence-electron chi connectivity index (χ0n) is 23.4. The highest BCUT2D eigenvalue weighted by Crippen LogP contribution is 2.37. The summed E-state index contributed by atoms with van der Waals surface area (Å²) in [6.07, 6.45) is 3.66. The number of benzene rings is 2. The first-order valence-corrected chi connectivity index (χ1v) is 14.5. The van der Waals surface area contributed by atoms with E-state index in [0.717, 1.165) is 30.5 Å². The number of hydrogen-bond acceptors (Lipinski definition) is 8. The molecule has 224 valence electrons. The predicted molar refractivity (Wildman–Crippen MR) is 147 cm³/mol. The zero-order valence-corrected chi connectivity index (χ0v) is 24.2. The van der Waals surface area contributed by atoms with E-state index in [1.807, 2.05) is 45.8 Å². The van der Waals surface area contributed by atoms with Crippen LogP contribution in [0.2, 0.25) is 0 Å². The molecule has 1 saturated heterocycles. The van der Waals surface area contributed by atoms with Crippen LogP contribution in [0.5, 0.6) is 11.5 Å². The fourth-order valence-corrected chi connectivity index (χ4v) is 4.17. The first-order valence-electron chi connectivity index (χ1n) is 13.1.